The van der Waals surface area contributed by atoms with Crippen molar-refractivity contribution in [1.29, 1.82) is 0 Å². The van der Waals surface area contributed by atoms with Gasteiger partial charge in [0.1, 0.15) is 0 Å². The Morgan fingerprint density at radius 2 is 0.815 bits per heavy atom. The number of benzene rings is 8. The van der Waals surface area contributed by atoms with Gasteiger partial charge in [-0.15, -0.1) is 0 Å². The molecule has 7 aliphatic rings. The van der Waals surface area contributed by atoms with Gasteiger partial charge in [0, 0.05) is 33.1 Å². The number of para-hydroxylation sites is 2. The van der Waals surface area contributed by atoms with Crippen molar-refractivity contribution in [1.82, 2.24) is 0 Å². The van der Waals surface area contributed by atoms with Crippen molar-refractivity contribution in [3.8, 4) is 55.6 Å². The van der Waals surface area contributed by atoms with E-state index in [1.165, 1.54) is 127 Å². The van der Waals surface area contributed by atoms with Gasteiger partial charge in [-0.25, -0.2) is 0 Å². The minimum Gasteiger partial charge on any atom is -0.309 e. The molecule has 0 N–H and O–H groups in total. The summed E-state index contributed by atoms with van der Waals surface area (Å²) in [4.78, 5) is 2.65. The van der Waals surface area contributed by atoms with Crippen molar-refractivity contribution < 1.29 is 0 Å². The summed E-state index contributed by atoms with van der Waals surface area (Å²) in [5, 5.41) is 0. The largest absolute Gasteiger partial charge is 0.309 e. The van der Waals surface area contributed by atoms with Gasteiger partial charge in [0.15, 0.2) is 0 Å². The quantitative estimate of drug-likeness (QED) is 0.167. The zero-order valence-corrected chi connectivity index (χ0v) is 38.0. The van der Waals surface area contributed by atoms with Gasteiger partial charge < -0.3 is 4.90 Å². The second-order valence-corrected chi connectivity index (χ2v) is 21.6. The Labute approximate surface area is 384 Å². The van der Waals surface area contributed by atoms with Crippen LogP contribution in [0.1, 0.15) is 93.2 Å². The van der Waals surface area contributed by atoms with E-state index in [0.29, 0.717) is 11.8 Å². The minimum absolute atomic E-state index is 0.0662. The van der Waals surface area contributed by atoms with E-state index >= 15 is 0 Å². The minimum atomic E-state index is -0.154. The summed E-state index contributed by atoms with van der Waals surface area (Å²) in [6, 6.07) is 68.1. The van der Waals surface area contributed by atoms with Crippen molar-refractivity contribution in [2.75, 3.05) is 4.90 Å². The molecule has 65 heavy (non-hydrogen) atoms. The fourth-order valence-electron chi connectivity index (χ4n) is 15.4. The smallest absolute Gasteiger partial charge is 0.0540 e. The maximum Gasteiger partial charge on any atom is 0.0540 e. The monoisotopic (exact) mass is 837 g/mol. The Balaban J connectivity index is 1.01. The lowest BCUT2D eigenvalue weighted by Gasteiger charge is -2.61. The van der Waals surface area contributed by atoms with Crippen LogP contribution in [0.4, 0.5) is 17.1 Å². The zero-order chi connectivity index (χ0) is 43.4. The van der Waals surface area contributed by atoms with Crippen molar-refractivity contribution in [2.45, 2.75) is 76.0 Å². The summed E-state index contributed by atoms with van der Waals surface area (Å²) in [5.41, 5.74) is 25.7. The SMILES string of the molecule is CC1(C)c2ccccc2-c2ccc(-c3ccccc3N(c3ccc4c(c3)C3(c5ccccc5-4)C4CC5CC(C4)CC3C5)c3ccccc3-c3cccc4c3C(C)(C)c3ccccc3-4)cc21. The third-order valence-corrected chi connectivity index (χ3v) is 17.9. The summed E-state index contributed by atoms with van der Waals surface area (Å²) in [5.74, 6) is 3.18. The summed E-state index contributed by atoms with van der Waals surface area (Å²) in [6.07, 6.45) is 6.94. The molecular formula is C64H55N. The molecule has 15 rings (SSSR count). The van der Waals surface area contributed by atoms with E-state index < -0.39 is 0 Å². The van der Waals surface area contributed by atoms with Crippen LogP contribution in [0.3, 0.4) is 0 Å². The highest BCUT2D eigenvalue weighted by Crippen LogP contribution is 2.70. The molecule has 8 aromatic carbocycles. The molecule has 0 aliphatic heterocycles. The molecule has 0 heterocycles. The average molecular weight is 838 g/mol. The van der Waals surface area contributed by atoms with Crippen LogP contribution in [0.5, 0.6) is 0 Å². The third-order valence-electron chi connectivity index (χ3n) is 17.9. The molecule has 4 bridgehead atoms. The highest BCUT2D eigenvalue weighted by atomic mass is 15.1. The molecule has 316 valence electrons. The maximum atomic E-state index is 2.68. The van der Waals surface area contributed by atoms with E-state index in [0.717, 1.165) is 11.8 Å². The fraction of sp³-hybridized carbons (Fsp3) is 0.250. The van der Waals surface area contributed by atoms with Crippen LogP contribution < -0.4 is 4.90 Å². The van der Waals surface area contributed by atoms with Gasteiger partial charge in [-0.2, -0.15) is 0 Å². The number of hydrogen-bond donors (Lipinski definition) is 0. The van der Waals surface area contributed by atoms with Crippen LogP contribution in [0.15, 0.2) is 176 Å². The summed E-state index contributed by atoms with van der Waals surface area (Å²) in [7, 11) is 0. The van der Waals surface area contributed by atoms with Crippen molar-refractivity contribution in [3.05, 3.63) is 209 Å². The van der Waals surface area contributed by atoms with Crippen LogP contribution >= 0.6 is 0 Å². The molecule has 4 saturated carbocycles. The van der Waals surface area contributed by atoms with Crippen LogP contribution in [0.2, 0.25) is 0 Å². The Kier molecular flexibility index (Phi) is 7.77. The number of hydrogen-bond acceptors (Lipinski definition) is 1. The number of fused-ring (bicyclic) bond motifs is 9. The molecule has 0 atom stereocenters. The van der Waals surface area contributed by atoms with Crippen LogP contribution in [-0.4, -0.2) is 0 Å². The molecule has 0 saturated heterocycles. The van der Waals surface area contributed by atoms with Crippen molar-refractivity contribution >= 4 is 17.1 Å². The molecule has 1 nitrogen and oxygen atoms in total. The fourth-order valence-corrected chi connectivity index (χ4v) is 15.4. The normalized spacial score (nSPS) is 23.7. The average Bonchev–Trinajstić information content (AvgIpc) is 3.85. The van der Waals surface area contributed by atoms with Crippen molar-refractivity contribution in [2.24, 2.45) is 23.7 Å². The Hall–Kier alpha value is -6.44. The summed E-state index contributed by atoms with van der Waals surface area (Å²) >= 11 is 0. The lowest BCUT2D eigenvalue weighted by atomic mass is 9.43. The second-order valence-electron chi connectivity index (χ2n) is 21.6. The lowest BCUT2D eigenvalue weighted by Crippen LogP contribution is -2.55. The standard InChI is InChI=1S/C64H55N/c1-62(2)54-23-10-5-17-46(54)49-30-28-41(37-57(49)62)45-16-8-13-26-59(45)65(60-27-14-9-20-51(60)53-22-15-21-52-48-19-6-11-24-55(48)63(3,4)61(52)53)44-29-31-50-47-18-7-12-25-56(47)64(58(50)38-44)42-33-39-32-40(35-42)36-43(64)34-39/h5-31,37-40,42-43H,32-36H2,1-4H3. The van der Waals surface area contributed by atoms with Gasteiger partial charge in [-0.05, 0) is 164 Å². The molecular weight excluding hydrogens is 783 g/mol. The highest BCUT2D eigenvalue weighted by molar-refractivity contribution is 5.98. The van der Waals surface area contributed by atoms with E-state index in [1.807, 2.05) is 0 Å². The van der Waals surface area contributed by atoms with Crippen LogP contribution in [-0.2, 0) is 16.2 Å². The topological polar surface area (TPSA) is 3.24 Å². The Morgan fingerprint density at radius 1 is 0.354 bits per heavy atom. The summed E-state index contributed by atoms with van der Waals surface area (Å²) in [6.45, 7) is 9.65. The van der Waals surface area contributed by atoms with E-state index in [4.69, 9.17) is 0 Å². The van der Waals surface area contributed by atoms with Gasteiger partial charge in [0.05, 0.1) is 11.4 Å². The maximum absolute atomic E-state index is 2.68. The number of rotatable bonds is 5. The predicted octanol–water partition coefficient (Wildman–Crippen LogP) is 16.8. The molecule has 1 heteroatoms. The van der Waals surface area contributed by atoms with E-state index in [1.54, 1.807) is 11.1 Å². The van der Waals surface area contributed by atoms with Crippen molar-refractivity contribution in [3.63, 3.8) is 0 Å². The van der Waals surface area contributed by atoms with E-state index in [2.05, 4.69) is 209 Å². The zero-order valence-electron chi connectivity index (χ0n) is 38.0. The third kappa shape index (κ3) is 5.00. The first kappa shape index (κ1) is 37.9. The lowest BCUT2D eigenvalue weighted by molar-refractivity contribution is -0.0399. The second kappa shape index (κ2) is 13.3. The first-order valence-electron chi connectivity index (χ1n) is 24.4. The van der Waals surface area contributed by atoms with Gasteiger partial charge >= 0.3 is 0 Å². The van der Waals surface area contributed by atoms with E-state index in [9.17, 15) is 0 Å². The highest BCUT2D eigenvalue weighted by Gasteiger charge is 2.61. The Morgan fingerprint density at radius 3 is 1.49 bits per heavy atom. The summed E-state index contributed by atoms with van der Waals surface area (Å²) < 4.78 is 0. The molecule has 0 amide bonds. The first-order valence-corrected chi connectivity index (χ1v) is 24.4. The van der Waals surface area contributed by atoms with Gasteiger partial charge in [0.25, 0.3) is 0 Å². The molecule has 7 aliphatic carbocycles. The van der Waals surface area contributed by atoms with E-state index in [-0.39, 0.29) is 16.2 Å². The number of nitrogens with zero attached hydrogens (tertiary/aromatic N) is 1. The molecule has 4 fully saturated rings. The Bertz CT molecular complexity index is 3280. The van der Waals surface area contributed by atoms with Gasteiger partial charge in [-0.3, -0.25) is 0 Å². The first-order chi connectivity index (χ1) is 31.7. The molecule has 1 spiro atoms. The molecule has 0 radical (unpaired) electrons. The predicted molar refractivity (Wildman–Crippen MR) is 270 cm³/mol. The number of anilines is 3. The van der Waals surface area contributed by atoms with Gasteiger partial charge in [0.2, 0.25) is 0 Å². The van der Waals surface area contributed by atoms with Crippen LogP contribution in [0.25, 0.3) is 55.6 Å². The molecule has 0 aromatic heterocycles. The van der Waals surface area contributed by atoms with Gasteiger partial charge in [-0.1, -0.05) is 173 Å². The molecule has 0 unspecified atom stereocenters. The van der Waals surface area contributed by atoms with Crippen LogP contribution in [0, 0.1) is 23.7 Å². The molecule has 8 aromatic rings.